The molecule has 20 heavy (non-hydrogen) atoms. The summed E-state index contributed by atoms with van der Waals surface area (Å²) >= 11 is 0. The molecule has 1 aliphatic carbocycles. The number of para-hydroxylation sites is 1. The van der Waals surface area contributed by atoms with Gasteiger partial charge in [0.25, 0.3) is 0 Å². The molecule has 1 aromatic rings. The van der Waals surface area contributed by atoms with Crippen LogP contribution in [0.2, 0.25) is 0 Å². The van der Waals surface area contributed by atoms with Gasteiger partial charge in [-0.05, 0) is 30.9 Å². The molecule has 2 unspecified atom stereocenters. The van der Waals surface area contributed by atoms with E-state index in [1.807, 2.05) is 0 Å². The summed E-state index contributed by atoms with van der Waals surface area (Å²) in [6.45, 7) is 2.18. The molecule has 4 N–H and O–H groups in total. The lowest BCUT2D eigenvalue weighted by Gasteiger charge is -2.32. The number of rotatable bonds is 5. The molecule has 1 aromatic carbocycles. The van der Waals surface area contributed by atoms with Crippen molar-refractivity contribution >= 4 is 17.1 Å². The largest absolute Gasteiger partial charge is 0.376 e. The summed E-state index contributed by atoms with van der Waals surface area (Å²) in [7, 11) is 0. The fourth-order valence-corrected chi connectivity index (χ4v) is 3.06. The van der Waals surface area contributed by atoms with Crippen LogP contribution in [-0.4, -0.2) is 11.0 Å². The number of hydrogen-bond donors (Lipinski definition) is 3. The van der Waals surface area contributed by atoms with E-state index < -0.39 is 0 Å². The van der Waals surface area contributed by atoms with Gasteiger partial charge in [-0.25, -0.2) is 0 Å². The molecule has 110 valence electrons. The maximum Gasteiger partial charge on any atom is 0.316 e. The van der Waals surface area contributed by atoms with Gasteiger partial charge < -0.3 is 10.7 Å². The first-order valence-corrected chi connectivity index (χ1v) is 7.18. The first-order chi connectivity index (χ1) is 9.67. The molecule has 6 heteroatoms. The maximum absolute atomic E-state index is 11.3. The Balaban J connectivity index is 2.26. The molecule has 0 spiro atoms. The van der Waals surface area contributed by atoms with Crippen molar-refractivity contribution in [2.24, 2.45) is 11.8 Å². The summed E-state index contributed by atoms with van der Waals surface area (Å²) in [6.07, 6.45) is 5.78. The lowest BCUT2D eigenvalue weighted by atomic mass is 9.83. The zero-order valence-electron chi connectivity index (χ0n) is 11.8. The van der Waals surface area contributed by atoms with E-state index in [-0.39, 0.29) is 10.6 Å². The van der Waals surface area contributed by atoms with Crippen LogP contribution in [0.3, 0.4) is 0 Å². The molecule has 0 radical (unpaired) electrons. The Morgan fingerprint density at radius 2 is 2.05 bits per heavy atom. The number of nitrogens with two attached hydrogens (primary N) is 1. The average Bonchev–Trinajstić information content (AvgIpc) is 2.47. The molecule has 1 aliphatic rings. The quantitative estimate of drug-likeness (QED) is 0.436. The van der Waals surface area contributed by atoms with Crippen molar-refractivity contribution in [1.29, 1.82) is 0 Å². The number of anilines is 2. The predicted octanol–water partition coefficient (Wildman–Crippen LogP) is 3.26. The molecule has 0 saturated heterocycles. The molecule has 6 nitrogen and oxygen atoms in total. The van der Waals surface area contributed by atoms with Gasteiger partial charge in [-0.2, -0.15) is 0 Å². The Hall–Kier alpha value is -1.82. The topological polar surface area (TPSA) is 93.2 Å². The zero-order valence-corrected chi connectivity index (χ0v) is 11.8. The van der Waals surface area contributed by atoms with Gasteiger partial charge >= 0.3 is 5.69 Å². The Kier molecular flexibility index (Phi) is 4.79. The minimum absolute atomic E-state index is 0.0235. The summed E-state index contributed by atoms with van der Waals surface area (Å²) in [6, 6.07) is 5.44. The molecule has 1 saturated carbocycles. The number of hydrazine groups is 1. The molecular formula is C14H22N4O2. The van der Waals surface area contributed by atoms with Crippen LogP contribution < -0.4 is 16.6 Å². The summed E-state index contributed by atoms with van der Waals surface area (Å²) in [5, 5.41) is 14.6. The first-order valence-electron chi connectivity index (χ1n) is 7.18. The SMILES string of the molecule is CCC1CCCCC1Nc1cccc(NN)c1[N+](=O)[O-]. The third-order valence-electron chi connectivity index (χ3n) is 4.15. The van der Waals surface area contributed by atoms with E-state index in [9.17, 15) is 10.1 Å². The van der Waals surface area contributed by atoms with E-state index in [1.165, 1.54) is 19.3 Å². The highest BCUT2D eigenvalue weighted by molar-refractivity contribution is 5.76. The lowest BCUT2D eigenvalue weighted by Crippen LogP contribution is -2.32. The lowest BCUT2D eigenvalue weighted by molar-refractivity contribution is -0.383. The highest BCUT2D eigenvalue weighted by atomic mass is 16.6. The normalized spacial score (nSPS) is 22.3. The number of nitro benzene ring substituents is 1. The number of benzene rings is 1. The first kappa shape index (κ1) is 14.6. The second-order valence-electron chi connectivity index (χ2n) is 5.31. The van der Waals surface area contributed by atoms with Gasteiger partial charge in [-0.15, -0.1) is 0 Å². The minimum atomic E-state index is -0.388. The number of nitrogens with zero attached hydrogens (tertiary/aromatic N) is 1. The van der Waals surface area contributed by atoms with Gasteiger partial charge in [0.05, 0.1) is 4.92 Å². The van der Waals surface area contributed by atoms with Crippen molar-refractivity contribution in [3.05, 3.63) is 28.3 Å². The number of nitro groups is 1. The third kappa shape index (κ3) is 3.01. The fraction of sp³-hybridized carbons (Fsp3) is 0.571. The van der Waals surface area contributed by atoms with Crippen molar-refractivity contribution in [2.75, 3.05) is 10.7 Å². The van der Waals surface area contributed by atoms with Crippen LogP contribution in [0.15, 0.2) is 18.2 Å². The third-order valence-corrected chi connectivity index (χ3v) is 4.15. The predicted molar refractivity (Wildman–Crippen MR) is 80.6 cm³/mol. The van der Waals surface area contributed by atoms with Crippen LogP contribution in [0, 0.1) is 16.0 Å². The monoisotopic (exact) mass is 278 g/mol. The van der Waals surface area contributed by atoms with Crippen molar-refractivity contribution < 1.29 is 4.92 Å². The molecule has 1 fully saturated rings. The highest BCUT2D eigenvalue weighted by Gasteiger charge is 2.27. The van der Waals surface area contributed by atoms with Crippen molar-refractivity contribution in [3.63, 3.8) is 0 Å². The van der Waals surface area contributed by atoms with Crippen LogP contribution in [0.4, 0.5) is 17.1 Å². The molecule has 0 amide bonds. The van der Waals surface area contributed by atoms with Gasteiger partial charge in [-0.1, -0.05) is 32.3 Å². The van der Waals surface area contributed by atoms with E-state index in [0.29, 0.717) is 23.3 Å². The Labute approximate surface area is 118 Å². The van der Waals surface area contributed by atoms with Crippen LogP contribution in [0.5, 0.6) is 0 Å². The molecule has 0 bridgehead atoms. The molecular weight excluding hydrogens is 256 g/mol. The van der Waals surface area contributed by atoms with Gasteiger partial charge in [0.15, 0.2) is 0 Å². The summed E-state index contributed by atoms with van der Waals surface area (Å²) in [5.74, 6) is 5.94. The van der Waals surface area contributed by atoms with E-state index in [0.717, 1.165) is 12.8 Å². The van der Waals surface area contributed by atoms with E-state index >= 15 is 0 Å². The van der Waals surface area contributed by atoms with Crippen LogP contribution in [-0.2, 0) is 0 Å². The van der Waals surface area contributed by atoms with Gasteiger partial charge in [0, 0.05) is 6.04 Å². The van der Waals surface area contributed by atoms with Crippen molar-refractivity contribution in [3.8, 4) is 0 Å². The smallest absolute Gasteiger partial charge is 0.316 e. The number of hydrogen-bond acceptors (Lipinski definition) is 5. The van der Waals surface area contributed by atoms with Gasteiger partial charge in [-0.3, -0.25) is 16.0 Å². The van der Waals surface area contributed by atoms with Gasteiger partial charge in [0.1, 0.15) is 11.4 Å². The molecule has 0 heterocycles. The fourth-order valence-electron chi connectivity index (χ4n) is 3.06. The molecule has 0 aliphatic heterocycles. The zero-order chi connectivity index (χ0) is 14.5. The Morgan fingerprint density at radius 3 is 2.70 bits per heavy atom. The Bertz CT molecular complexity index is 478. The second-order valence-corrected chi connectivity index (χ2v) is 5.31. The second kappa shape index (κ2) is 6.56. The van der Waals surface area contributed by atoms with Crippen LogP contribution in [0.1, 0.15) is 39.0 Å². The average molecular weight is 278 g/mol. The van der Waals surface area contributed by atoms with E-state index in [1.54, 1.807) is 18.2 Å². The van der Waals surface area contributed by atoms with Crippen molar-refractivity contribution in [1.82, 2.24) is 0 Å². The molecule has 2 atom stereocenters. The van der Waals surface area contributed by atoms with Crippen LogP contribution >= 0.6 is 0 Å². The Morgan fingerprint density at radius 1 is 1.35 bits per heavy atom. The number of nitrogens with one attached hydrogen (secondary N) is 2. The standard InChI is InChI=1S/C14H22N4O2/c1-2-10-6-3-4-7-11(10)16-12-8-5-9-13(17-15)14(12)18(19)20/h5,8-11,16-17H,2-4,6-7,15H2,1H3. The van der Waals surface area contributed by atoms with Crippen molar-refractivity contribution in [2.45, 2.75) is 45.1 Å². The van der Waals surface area contributed by atoms with E-state index in [4.69, 9.17) is 5.84 Å². The summed E-state index contributed by atoms with van der Waals surface area (Å²) in [4.78, 5) is 10.9. The van der Waals surface area contributed by atoms with Crippen LogP contribution in [0.25, 0.3) is 0 Å². The summed E-state index contributed by atoms with van der Waals surface area (Å²) < 4.78 is 0. The molecule has 0 aromatic heterocycles. The highest BCUT2D eigenvalue weighted by Crippen LogP contribution is 2.36. The molecule has 2 rings (SSSR count). The minimum Gasteiger partial charge on any atom is -0.376 e. The number of nitrogen functional groups attached to an aromatic ring is 1. The maximum atomic E-state index is 11.3. The van der Waals surface area contributed by atoms with E-state index in [2.05, 4.69) is 17.7 Å². The summed E-state index contributed by atoms with van der Waals surface area (Å²) in [5.41, 5.74) is 3.31. The van der Waals surface area contributed by atoms with Gasteiger partial charge in [0.2, 0.25) is 0 Å².